The Morgan fingerprint density at radius 2 is 1.97 bits per heavy atom. The van der Waals surface area contributed by atoms with Crippen LogP contribution in [-0.4, -0.2) is 17.0 Å². The zero-order chi connectivity index (χ0) is 21.5. The van der Waals surface area contributed by atoms with Crippen LogP contribution >= 0.6 is 11.3 Å². The van der Waals surface area contributed by atoms with Gasteiger partial charge in [0.1, 0.15) is 24.2 Å². The number of carbonyl (C=O) groups excluding carboxylic acids is 1. The smallest absolute Gasteiger partial charge is 0.303 e. The summed E-state index contributed by atoms with van der Waals surface area (Å²) in [5.74, 6) is -0.747. The molecule has 30 heavy (non-hydrogen) atoms. The minimum atomic E-state index is -0.917. The van der Waals surface area contributed by atoms with E-state index in [1.54, 1.807) is 29.5 Å². The van der Waals surface area contributed by atoms with Crippen molar-refractivity contribution in [2.45, 2.75) is 32.5 Å². The third-order valence-electron chi connectivity index (χ3n) is 4.63. The number of rotatable bonds is 10. The molecule has 156 valence electrons. The number of hydrogen-bond donors (Lipinski definition) is 2. The van der Waals surface area contributed by atoms with Gasteiger partial charge < -0.3 is 20.3 Å². The van der Waals surface area contributed by atoms with Gasteiger partial charge in [-0.25, -0.2) is 0 Å². The number of carbonyl (C=O) groups is 2. The van der Waals surface area contributed by atoms with Crippen LogP contribution in [0.5, 0.6) is 11.5 Å². The Bertz CT molecular complexity index is 1020. The Morgan fingerprint density at radius 1 is 1.17 bits per heavy atom. The number of carboxylic acids is 1. The number of nitrogens with two attached hydrogens (primary N) is 1. The lowest BCUT2D eigenvalue weighted by Gasteiger charge is -2.22. The molecular weight excluding hydrogens is 402 g/mol. The predicted octanol–water partition coefficient (Wildman–Crippen LogP) is 4.72. The molecule has 0 radical (unpaired) electrons. The van der Waals surface area contributed by atoms with E-state index in [2.05, 4.69) is 0 Å². The minimum absolute atomic E-state index is 0.0702. The summed E-state index contributed by atoms with van der Waals surface area (Å²) < 4.78 is 12.0. The van der Waals surface area contributed by atoms with E-state index in [-0.39, 0.29) is 24.2 Å². The van der Waals surface area contributed by atoms with Crippen molar-refractivity contribution in [2.24, 2.45) is 5.73 Å². The van der Waals surface area contributed by atoms with Gasteiger partial charge in [0.15, 0.2) is 0 Å². The first-order valence-electron chi connectivity index (χ1n) is 9.45. The number of benzene rings is 2. The van der Waals surface area contributed by atoms with Gasteiger partial charge in [-0.1, -0.05) is 24.3 Å². The molecule has 0 saturated carbocycles. The van der Waals surface area contributed by atoms with Crippen LogP contribution in [0.1, 0.15) is 46.0 Å². The summed E-state index contributed by atoms with van der Waals surface area (Å²) >= 11 is 1.59. The molecule has 0 fully saturated rings. The lowest BCUT2D eigenvalue weighted by molar-refractivity contribution is -0.137. The van der Waals surface area contributed by atoms with Crippen molar-refractivity contribution in [3.63, 3.8) is 0 Å². The maximum absolute atomic E-state index is 11.9. The van der Waals surface area contributed by atoms with E-state index in [4.69, 9.17) is 20.3 Å². The van der Waals surface area contributed by atoms with Gasteiger partial charge in [0.05, 0.1) is 5.56 Å². The van der Waals surface area contributed by atoms with E-state index in [9.17, 15) is 9.59 Å². The monoisotopic (exact) mass is 425 g/mol. The molecule has 6 nitrogen and oxygen atoms in total. The first kappa shape index (κ1) is 21.4. The van der Waals surface area contributed by atoms with Crippen molar-refractivity contribution in [2.75, 3.05) is 0 Å². The molecule has 1 aromatic heterocycles. The topological polar surface area (TPSA) is 98.8 Å². The Morgan fingerprint density at radius 3 is 2.63 bits per heavy atom. The summed E-state index contributed by atoms with van der Waals surface area (Å²) in [5.41, 5.74) is 8.62. The molecule has 1 atom stereocenters. The second kappa shape index (κ2) is 9.93. The fourth-order valence-corrected chi connectivity index (χ4v) is 3.72. The maximum Gasteiger partial charge on any atom is 0.303 e. The van der Waals surface area contributed by atoms with Crippen molar-refractivity contribution in [1.29, 1.82) is 0 Å². The van der Waals surface area contributed by atoms with Crippen molar-refractivity contribution in [3.8, 4) is 11.5 Å². The Hall–Kier alpha value is -3.32. The molecule has 1 unspecified atom stereocenters. The Kier molecular flexibility index (Phi) is 7.08. The number of amides is 1. The van der Waals surface area contributed by atoms with Gasteiger partial charge in [0.2, 0.25) is 0 Å². The SMILES string of the molecule is Cc1ccccc1C(CCC(=O)O)Oc1cc(OCc2ccsc2)ccc1C(N)=O. The number of hydrogen-bond acceptors (Lipinski definition) is 5. The molecule has 0 aliphatic rings. The molecule has 0 aliphatic heterocycles. The molecule has 0 bridgehead atoms. The normalized spacial score (nSPS) is 11.6. The Balaban J connectivity index is 1.88. The third kappa shape index (κ3) is 5.61. The summed E-state index contributed by atoms with van der Waals surface area (Å²) in [4.78, 5) is 23.1. The minimum Gasteiger partial charge on any atom is -0.489 e. The highest BCUT2D eigenvalue weighted by atomic mass is 32.1. The largest absolute Gasteiger partial charge is 0.489 e. The van der Waals surface area contributed by atoms with Crippen LogP contribution in [0.25, 0.3) is 0 Å². The lowest BCUT2D eigenvalue weighted by Crippen LogP contribution is -2.16. The molecule has 1 heterocycles. The fourth-order valence-electron chi connectivity index (χ4n) is 3.07. The zero-order valence-electron chi connectivity index (χ0n) is 16.5. The molecule has 0 saturated heterocycles. The molecule has 0 aliphatic carbocycles. The average molecular weight is 426 g/mol. The molecule has 3 N–H and O–H groups in total. The van der Waals surface area contributed by atoms with E-state index in [0.717, 1.165) is 16.7 Å². The number of thiophene rings is 1. The van der Waals surface area contributed by atoms with Gasteiger partial charge in [-0.3, -0.25) is 9.59 Å². The highest BCUT2D eigenvalue weighted by Crippen LogP contribution is 2.33. The highest BCUT2D eigenvalue weighted by molar-refractivity contribution is 7.07. The third-order valence-corrected chi connectivity index (χ3v) is 5.36. The van der Waals surface area contributed by atoms with Crippen molar-refractivity contribution < 1.29 is 24.2 Å². The summed E-state index contributed by atoms with van der Waals surface area (Å²) in [7, 11) is 0. The second-order valence-electron chi connectivity index (χ2n) is 6.84. The molecule has 2 aromatic carbocycles. The van der Waals surface area contributed by atoms with Crippen molar-refractivity contribution >= 4 is 23.2 Å². The average Bonchev–Trinajstić information content (AvgIpc) is 3.23. The number of aliphatic carboxylic acids is 1. The van der Waals surface area contributed by atoms with Gasteiger partial charge in [0.25, 0.3) is 5.91 Å². The molecule has 3 rings (SSSR count). The standard InChI is InChI=1S/C23H23NO5S/c1-15-4-2-3-5-18(15)20(8-9-22(25)26)29-21-12-17(6-7-19(21)23(24)27)28-13-16-10-11-30-14-16/h2-7,10-12,14,20H,8-9,13H2,1H3,(H2,24,27)(H,25,26). The zero-order valence-corrected chi connectivity index (χ0v) is 17.4. The van der Waals surface area contributed by atoms with E-state index in [0.29, 0.717) is 12.4 Å². The number of primary amides is 1. The molecule has 7 heteroatoms. The molecule has 3 aromatic rings. The van der Waals surface area contributed by atoms with Crippen LogP contribution in [0.15, 0.2) is 59.3 Å². The number of aryl methyl sites for hydroxylation is 1. The predicted molar refractivity (Wildman–Crippen MR) is 115 cm³/mol. The van der Waals surface area contributed by atoms with Gasteiger partial charge in [0, 0.05) is 12.5 Å². The maximum atomic E-state index is 11.9. The first-order chi connectivity index (χ1) is 14.4. The van der Waals surface area contributed by atoms with E-state index >= 15 is 0 Å². The molecule has 0 spiro atoms. The van der Waals surface area contributed by atoms with Crippen LogP contribution in [0.2, 0.25) is 0 Å². The van der Waals surface area contributed by atoms with Crippen LogP contribution < -0.4 is 15.2 Å². The highest BCUT2D eigenvalue weighted by Gasteiger charge is 2.20. The van der Waals surface area contributed by atoms with Crippen LogP contribution in [0.4, 0.5) is 0 Å². The van der Waals surface area contributed by atoms with Crippen LogP contribution in [0.3, 0.4) is 0 Å². The summed E-state index contributed by atoms with van der Waals surface area (Å²) in [6.07, 6.45) is -0.370. The number of ether oxygens (including phenoxy) is 2. The van der Waals surface area contributed by atoms with Crippen LogP contribution in [-0.2, 0) is 11.4 Å². The van der Waals surface area contributed by atoms with Gasteiger partial charge in [-0.2, -0.15) is 11.3 Å². The van der Waals surface area contributed by atoms with E-state index < -0.39 is 18.0 Å². The molecule has 1 amide bonds. The first-order valence-corrected chi connectivity index (χ1v) is 10.4. The second-order valence-corrected chi connectivity index (χ2v) is 7.62. The summed E-state index contributed by atoms with van der Waals surface area (Å²) in [5, 5.41) is 13.1. The van der Waals surface area contributed by atoms with Crippen LogP contribution in [0, 0.1) is 6.92 Å². The number of carboxylic acid groups (broad SMARTS) is 1. The molecular formula is C23H23NO5S. The van der Waals surface area contributed by atoms with Crippen molar-refractivity contribution in [1.82, 2.24) is 0 Å². The Labute approximate surface area is 178 Å². The summed E-state index contributed by atoms with van der Waals surface area (Å²) in [6.45, 7) is 2.32. The van der Waals surface area contributed by atoms with Crippen molar-refractivity contribution in [3.05, 3.63) is 81.5 Å². The quantitative estimate of drug-likeness (QED) is 0.490. The summed E-state index contributed by atoms with van der Waals surface area (Å²) in [6, 6.07) is 14.4. The fraction of sp³-hybridized carbons (Fsp3) is 0.217. The van der Waals surface area contributed by atoms with E-state index in [1.165, 1.54) is 0 Å². The van der Waals surface area contributed by atoms with Gasteiger partial charge in [-0.05, 0) is 59.0 Å². The van der Waals surface area contributed by atoms with Gasteiger partial charge >= 0.3 is 5.97 Å². The van der Waals surface area contributed by atoms with E-state index in [1.807, 2.05) is 48.0 Å². The lowest BCUT2D eigenvalue weighted by atomic mass is 9.99. The van der Waals surface area contributed by atoms with Gasteiger partial charge in [-0.15, -0.1) is 0 Å².